The molecule has 0 radical (unpaired) electrons. The lowest BCUT2D eigenvalue weighted by atomic mass is 10.2. The molecule has 5 nitrogen and oxygen atoms in total. The van der Waals surface area contributed by atoms with Gasteiger partial charge in [-0.1, -0.05) is 0 Å². The van der Waals surface area contributed by atoms with E-state index in [4.69, 9.17) is 0 Å². The number of nitrogens with zero attached hydrogens (tertiary/aromatic N) is 2. The fourth-order valence-corrected chi connectivity index (χ4v) is 2.58. The fraction of sp³-hybridized carbons (Fsp3) is 0.412. The number of anilines is 2. The molecule has 0 spiro atoms. The summed E-state index contributed by atoms with van der Waals surface area (Å²) in [6.45, 7) is 0.430. The molecule has 1 amide bonds. The van der Waals surface area contributed by atoms with E-state index >= 15 is 0 Å². The van der Waals surface area contributed by atoms with E-state index in [2.05, 4.69) is 5.32 Å². The first-order chi connectivity index (χ1) is 11.7. The molecule has 136 valence electrons. The van der Waals surface area contributed by atoms with E-state index in [-0.39, 0.29) is 5.91 Å². The van der Waals surface area contributed by atoms with Crippen molar-refractivity contribution in [3.63, 3.8) is 0 Å². The van der Waals surface area contributed by atoms with Crippen LogP contribution in [0.5, 0.6) is 0 Å². The summed E-state index contributed by atoms with van der Waals surface area (Å²) in [7, 11) is 3.80. The Morgan fingerprint density at radius 3 is 2.44 bits per heavy atom. The van der Waals surface area contributed by atoms with Gasteiger partial charge in [-0.15, -0.1) is 0 Å². The molecule has 25 heavy (non-hydrogen) atoms. The van der Waals surface area contributed by atoms with Crippen LogP contribution in [0.3, 0.4) is 0 Å². The third-order valence-electron chi connectivity index (χ3n) is 3.94. The Morgan fingerprint density at radius 2 is 1.88 bits per heavy atom. The Hall–Kier alpha value is -2.51. The highest BCUT2D eigenvalue weighted by molar-refractivity contribution is 5.96. The van der Waals surface area contributed by atoms with Gasteiger partial charge < -0.3 is 15.1 Å². The van der Waals surface area contributed by atoms with Gasteiger partial charge in [0.05, 0.1) is 0 Å². The predicted molar refractivity (Wildman–Crippen MR) is 89.3 cm³/mol. The molecule has 0 aromatic heterocycles. The number of ketones is 1. The van der Waals surface area contributed by atoms with Gasteiger partial charge in [0.15, 0.2) is 0 Å². The number of carbonyl (C=O) groups is 2. The highest BCUT2D eigenvalue weighted by Crippen LogP contribution is 2.22. The van der Waals surface area contributed by atoms with E-state index in [1.807, 2.05) is 31.1 Å². The van der Waals surface area contributed by atoms with Crippen LogP contribution in [0.2, 0.25) is 0 Å². The molecule has 1 aliphatic heterocycles. The molecule has 0 aliphatic carbocycles. The third kappa shape index (κ3) is 4.98. The minimum atomic E-state index is -4.90. The van der Waals surface area contributed by atoms with Crippen molar-refractivity contribution in [3.8, 4) is 0 Å². The van der Waals surface area contributed by atoms with Crippen LogP contribution in [-0.4, -0.2) is 49.4 Å². The monoisotopic (exact) mass is 355 g/mol. The van der Waals surface area contributed by atoms with Gasteiger partial charge in [0.1, 0.15) is 6.04 Å². The van der Waals surface area contributed by atoms with Crippen molar-refractivity contribution in [1.29, 1.82) is 0 Å². The van der Waals surface area contributed by atoms with E-state index in [0.29, 0.717) is 31.1 Å². The Morgan fingerprint density at radius 1 is 1.24 bits per heavy atom. The van der Waals surface area contributed by atoms with Crippen LogP contribution in [0, 0.1) is 0 Å². The zero-order valence-corrected chi connectivity index (χ0v) is 14.0. The number of amides is 1. The van der Waals surface area contributed by atoms with E-state index < -0.39 is 18.0 Å². The number of halogens is 3. The summed E-state index contributed by atoms with van der Waals surface area (Å²) in [5.41, 5.74) is 1.59. The van der Waals surface area contributed by atoms with E-state index in [9.17, 15) is 22.8 Å². The average molecular weight is 355 g/mol. The Bertz CT molecular complexity index is 654. The summed E-state index contributed by atoms with van der Waals surface area (Å²) < 4.78 is 36.8. The third-order valence-corrected chi connectivity index (χ3v) is 3.94. The lowest BCUT2D eigenvalue weighted by Crippen LogP contribution is -2.36. The highest BCUT2D eigenvalue weighted by Gasteiger charge is 2.37. The molecule has 1 saturated heterocycles. The second-order valence-electron chi connectivity index (χ2n) is 6.00. The second kappa shape index (κ2) is 7.58. The van der Waals surface area contributed by atoms with Gasteiger partial charge in [0.25, 0.3) is 5.78 Å². The average Bonchev–Trinajstić information content (AvgIpc) is 3.00. The first kappa shape index (κ1) is 18.8. The normalized spacial score (nSPS) is 17.8. The number of rotatable bonds is 5. The van der Waals surface area contributed by atoms with E-state index in [0.717, 1.165) is 11.9 Å². The van der Waals surface area contributed by atoms with Crippen molar-refractivity contribution in [2.45, 2.75) is 25.1 Å². The molecule has 1 atom stereocenters. The molecule has 8 heteroatoms. The van der Waals surface area contributed by atoms with Gasteiger partial charge in [-0.2, -0.15) is 13.2 Å². The SMILES string of the molecule is CN(C)c1ccc(NC(=O)[C@@H]2CCCN2/C=C/C(=O)C(F)(F)F)cc1. The topological polar surface area (TPSA) is 52.7 Å². The van der Waals surface area contributed by atoms with Crippen LogP contribution in [0.4, 0.5) is 24.5 Å². The lowest BCUT2D eigenvalue weighted by molar-refractivity contribution is -0.165. The van der Waals surface area contributed by atoms with Crippen LogP contribution in [-0.2, 0) is 9.59 Å². The van der Waals surface area contributed by atoms with Crippen molar-refractivity contribution in [2.75, 3.05) is 30.9 Å². The number of benzene rings is 1. The number of hydrogen-bond donors (Lipinski definition) is 1. The largest absolute Gasteiger partial charge is 0.454 e. The number of likely N-dealkylation sites (tertiary alicyclic amines) is 1. The molecular formula is C17H20F3N3O2. The summed E-state index contributed by atoms with van der Waals surface area (Å²) in [5, 5.41) is 2.76. The first-order valence-corrected chi connectivity index (χ1v) is 7.82. The maximum atomic E-state index is 12.4. The molecule has 0 saturated carbocycles. The minimum absolute atomic E-state index is 0.306. The molecule has 2 rings (SSSR count). The van der Waals surface area contributed by atoms with E-state index in [1.54, 1.807) is 12.1 Å². The summed E-state index contributed by atoms with van der Waals surface area (Å²) in [6, 6.07) is 6.63. The molecule has 1 heterocycles. The summed E-state index contributed by atoms with van der Waals surface area (Å²) in [4.78, 5) is 26.7. The minimum Gasteiger partial charge on any atom is -0.378 e. The smallest absolute Gasteiger partial charge is 0.378 e. The number of carbonyl (C=O) groups excluding carboxylic acids is 2. The first-order valence-electron chi connectivity index (χ1n) is 7.82. The Labute approximate surface area is 144 Å². The summed E-state index contributed by atoms with van der Waals surface area (Å²) >= 11 is 0. The Balaban J connectivity index is 2.00. The van der Waals surface area contributed by atoms with Gasteiger partial charge >= 0.3 is 6.18 Å². The van der Waals surface area contributed by atoms with Crippen molar-refractivity contribution < 1.29 is 22.8 Å². The molecule has 1 aromatic rings. The summed E-state index contributed by atoms with van der Waals surface area (Å²) in [5.74, 6) is -2.24. The molecule has 1 fully saturated rings. The van der Waals surface area contributed by atoms with Crippen LogP contribution in [0.25, 0.3) is 0 Å². The van der Waals surface area contributed by atoms with Gasteiger partial charge in [-0.05, 0) is 37.1 Å². The lowest BCUT2D eigenvalue weighted by Gasteiger charge is -2.22. The predicted octanol–water partition coefficient (Wildman–Crippen LogP) is 2.80. The molecule has 1 aliphatic rings. The second-order valence-corrected chi connectivity index (χ2v) is 6.00. The van der Waals surface area contributed by atoms with Crippen molar-refractivity contribution in [3.05, 3.63) is 36.5 Å². The number of hydrogen-bond acceptors (Lipinski definition) is 4. The summed E-state index contributed by atoms with van der Waals surface area (Å²) in [6.07, 6.45) is -2.18. The van der Waals surface area contributed by atoms with Crippen molar-refractivity contribution >= 4 is 23.1 Å². The van der Waals surface area contributed by atoms with E-state index in [1.165, 1.54) is 4.90 Å². The zero-order chi connectivity index (χ0) is 18.6. The number of nitrogens with one attached hydrogen (secondary N) is 1. The van der Waals surface area contributed by atoms with Gasteiger partial charge in [0, 0.05) is 44.3 Å². The molecule has 0 unspecified atom stereocenters. The quantitative estimate of drug-likeness (QED) is 0.826. The zero-order valence-electron chi connectivity index (χ0n) is 14.0. The van der Waals surface area contributed by atoms with Crippen LogP contribution in [0.1, 0.15) is 12.8 Å². The Kier molecular flexibility index (Phi) is 5.71. The standard InChI is InChI=1S/C17H20F3N3O2/c1-22(2)13-7-5-12(6-8-13)21-16(25)14-4-3-10-23(14)11-9-15(24)17(18,19)20/h5-9,11,14H,3-4,10H2,1-2H3,(H,21,25)/b11-9+/t14-/m0/s1. The highest BCUT2D eigenvalue weighted by atomic mass is 19.4. The number of alkyl halides is 3. The molecule has 1 aromatic carbocycles. The van der Waals surface area contributed by atoms with Crippen molar-refractivity contribution in [2.24, 2.45) is 0 Å². The van der Waals surface area contributed by atoms with Gasteiger partial charge in [-0.3, -0.25) is 9.59 Å². The molecular weight excluding hydrogens is 335 g/mol. The van der Waals surface area contributed by atoms with Gasteiger partial charge in [-0.25, -0.2) is 0 Å². The molecule has 0 bridgehead atoms. The number of allylic oxidation sites excluding steroid dienone is 1. The van der Waals surface area contributed by atoms with Crippen LogP contribution in [0.15, 0.2) is 36.5 Å². The van der Waals surface area contributed by atoms with Gasteiger partial charge in [0.2, 0.25) is 5.91 Å². The van der Waals surface area contributed by atoms with Crippen molar-refractivity contribution in [1.82, 2.24) is 4.90 Å². The molecule has 1 N–H and O–H groups in total. The van der Waals surface area contributed by atoms with Crippen LogP contribution >= 0.6 is 0 Å². The van der Waals surface area contributed by atoms with Crippen LogP contribution < -0.4 is 10.2 Å². The fourth-order valence-electron chi connectivity index (χ4n) is 2.58. The maximum absolute atomic E-state index is 12.4. The maximum Gasteiger partial charge on any atom is 0.454 e.